The summed E-state index contributed by atoms with van der Waals surface area (Å²) >= 11 is 8.21. The lowest BCUT2D eigenvalue weighted by Crippen LogP contribution is -1.35. The fourth-order valence-corrected chi connectivity index (χ4v) is 317. The lowest BCUT2D eigenvalue weighted by molar-refractivity contribution is 5.59. The maximum Gasteiger partial charge on any atom is 0 e. The molecule has 0 unspecified atom stereocenters. The fraction of sp³-hybridized carbons (Fsp3) is 0. The van der Waals surface area contributed by atoms with Crippen molar-refractivity contribution in [1.29, 1.82) is 0 Å². The summed E-state index contributed by atoms with van der Waals surface area (Å²) in [5.41, 5.74) is 0. The van der Waals surface area contributed by atoms with Gasteiger partial charge in [0.1, 0.15) is 0 Å². The zero-order valence-corrected chi connectivity index (χ0v) is 146. The van der Waals surface area contributed by atoms with Crippen LogP contribution in [0.15, 0.2) is 0 Å². The van der Waals surface area contributed by atoms with Gasteiger partial charge >= 0.3 is 0 Å². The van der Waals surface area contributed by atoms with Gasteiger partial charge in [0.2, 0.25) is 0 Å². The van der Waals surface area contributed by atoms with Gasteiger partial charge < -0.3 is 0 Å². The van der Waals surface area contributed by atoms with Crippen LogP contribution in [-0.4, -0.2) is 0 Å². The fourth-order valence-electron chi connectivity index (χ4n) is 1.31. The van der Waals surface area contributed by atoms with E-state index in [1.165, 1.54) is 19.7 Å². The molecule has 0 aromatic rings. The highest BCUT2D eigenvalue weighted by atomic mass is 34.2. The summed E-state index contributed by atoms with van der Waals surface area (Å²) in [7, 11) is 213. The van der Waals surface area contributed by atoms with Crippen molar-refractivity contribution in [3.63, 3.8) is 0 Å². The highest BCUT2D eigenvalue weighted by Crippen LogP contribution is 2.76. The molecule has 0 fully saturated rings. The molecule has 716 valence electrons. The lowest BCUT2D eigenvalue weighted by Gasteiger charge is -2.00. The van der Waals surface area contributed by atoms with E-state index in [1.807, 2.05) is 1030 Å². The predicted molar refractivity (Wildman–Crippen MR) is 906 cm³/mol. The minimum absolute atomic E-state index is 1.49. The molecule has 0 bridgehead atoms. The average molecular weight is 3820 g/mol. The Hall–Kier alpha value is 41.7. The van der Waals surface area contributed by atoms with E-state index < -0.39 is 0 Å². The van der Waals surface area contributed by atoms with Crippen molar-refractivity contribution in [2.45, 2.75) is 0 Å². The molecule has 0 aromatic heterocycles. The summed E-state index contributed by atoms with van der Waals surface area (Å²) in [6.45, 7) is 0. The normalized spacial score (nSPS) is 11.8. The van der Waals surface area contributed by atoms with Gasteiger partial charge in [-0.2, -0.15) is 0 Å². The van der Waals surface area contributed by atoms with Gasteiger partial charge in [-0.1, -0.05) is 23.3 Å². The molecule has 119 heteroatoms. The molecule has 0 aliphatic heterocycles. The second kappa shape index (κ2) is 160. The number of hydrogen-bond donors (Lipinski definition) is 2. The van der Waals surface area contributed by atoms with Crippen molar-refractivity contribution in [2.75, 3.05) is 0 Å². The molecule has 0 heterocycles. The molecule has 119 heavy (non-hydrogen) atoms. The molecule has 0 spiro atoms. The first-order valence-electron chi connectivity index (χ1n) is 19.7. The van der Waals surface area contributed by atoms with Gasteiger partial charge in [0.15, 0.2) is 0 Å². The highest BCUT2D eigenvalue weighted by molar-refractivity contribution is 9.70. The summed E-state index contributed by atoms with van der Waals surface area (Å²) < 4.78 is 0. The van der Waals surface area contributed by atoms with E-state index in [0.717, 1.165) is 0 Å². The zero-order chi connectivity index (χ0) is 84.7. The second-order valence-electron chi connectivity index (χ2n) is 7.97. The average Bonchev–Trinajstić information content (AvgIpc) is 1.70. The van der Waals surface area contributed by atoms with Gasteiger partial charge in [-0.15, -0.1) is 0 Å². The number of rotatable bonds is 116. The molecular weight excluding hydrogens is 3820 g/mol. The minimum Gasteiger partial charge on any atom is -0.0988 e. The first kappa shape index (κ1) is 161. The van der Waals surface area contributed by atoms with Gasteiger partial charge in [0.05, 0.1) is 0 Å². The second-order valence-corrected chi connectivity index (χ2v) is 215. The standard InChI is InChI=1S/H2S119/c1-3-5-7-9-11-13-15-17-19-21-23-25-27-29-31-33-35-37-39-41-43-45-47-49-51-53-55-57-59-61-63-65-67-69-71-73-75-77-79-81-83-85-87-89-91-93-95-97-99-101-103-105-107-109-111-113-115-117-119-118-116-114-112-110-108-106-104-102-100-98-96-94-92-90-88-86-84-82-80-78-76-74-72-70-68-66-64-62-60-58-56-54-52-50-48-46-44-42-40-38-36-34-32-30-28-26-24-22-20-18-16-14-12-10-8-6-4-2/h1-2H. The van der Waals surface area contributed by atoms with E-state index in [2.05, 4.69) is 23.3 Å². The van der Waals surface area contributed by atoms with Gasteiger partial charge in [0, 0.05) is 992 Å². The molecule has 0 atom stereocenters. The van der Waals surface area contributed by atoms with E-state index >= 15 is 0 Å². The Morgan fingerprint density at radius 3 is 0.0924 bits per heavy atom. The maximum atomic E-state index is 4.11. The van der Waals surface area contributed by atoms with Crippen LogP contribution < -0.4 is 0 Å². The Balaban J connectivity index is 3.10. The first-order chi connectivity index (χ1) is 59.4. The van der Waals surface area contributed by atoms with Crippen LogP contribution in [0.4, 0.5) is 0 Å². The van der Waals surface area contributed by atoms with Crippen LogP contribution in [0.1, 0.15) is 0 Å². The van der Waals surface area contributed by atoms with Crippen LogP contribution in [0, 0.1) is 0 Å². The third-order valence-corrected chi connectivity index (χ3v) is 261. The molecule has 0 aromatic carbocycles. The summed E-state index contributed by atoms with van der Waals surface area (Å²) in [4.78, 5) is 0. The molecule has 0 amide bonds. The summed E-state index contributed by atoms with van der Waals surface area (Å²) in [6, 6.07) is 0. The third kappa shape index (κ3) is 160. The predicted octanol–water partition coefficient (Wildman–Crippen LogP) is 76.6. The molecule has 0 saturated heterocycles. The van der Waals surface area contributed by atoms with Crippen molar-refractivity contribution in [1.82, 2.24) is 0 Å². The Morgan fingerprint density at radius 2 is 0.0672 bits per heavy atom. The van der Waals surface area contributed by atoms with Gasteiger partial charge in [-0.25, -0.2) is 0 Å². The van der Waals surface area contributed by atoms with Crippen molar-refractivity contribution in [3.8, 4) is 0 Å². The van der Waals surface area contributed by atoms with Crippen molar-refractivity contribution >= 4 is 1170 Å². The molecular formula is H2S119. The first-order valence-corrected chi connectivity index (χ1v) is 177. The molecule has 0 N–H and O–H groups in total. The van der Waals surface area contributed by atoms with Crippen LogP contribution in [0.5, 0.6) is 0 Å². The Bertz CT molecular complexity index is 1430. The van der Waals surface area contributed by atoms with E-state index in [9.17, 15) is 0 Å². The van der Waals surface area contributed by atoms with Crippen LogP contribution in [-0.2, 0) is 0 Å². The Morgan fingerprint density at radius 1 is 0.0420 bits per heavy atom. The number of hydrogen-bond acceptors (Lipinski definition) is 119. The number of thiol groups is 2. The Kier molecular flexibility index (Phi) is 216. The SMILES string of the molecule is SSSSSSSSSSSSSSSSSSSSSSSSSSSSSSSSSSSSSSSSSSSSSSSSSSSSSSSSSSSSSSSSSSSSSSSSSSSSSSSSSSSSSSSSSSSSSSSSSSSSSSSSSSSSSSSSSSSSSSS. The van der Waals surface area contributed by atoms with Gasteiger partial charge in [-0.05, 0) is 157 Å². The van der Waals surface area contributed by atoms with E-state index in [-0.39, 0.29) is 0 Å². The maximum absolute atomic E-state index is 4.11. The van der Waals surface area contributed by atoms with E-state index in [1.54, 1.807) is 98.3 Å². The topological polar surface area (TPSA) is 0 Å². The Labute approximate surface area is 1140 Å². The summed E-state index contributed by atoms with van der Waals surface area (Å²) in [5.74, 6) is 0. The van der Waals surface area contributed by atoms with Crippen LogP contribution >= 0.6 is 1170 Å². The monoisotopic (exact) mass is 3810 g/mol. The lowest BCUT2D eigenvalue weighted by atomic mass is 30.1. The molecule has 0 rings (SSSR count). The van der Waals surface area contributed by atoms with Crippen molar-refractivity contribution in [3.05, 3.63) is 0 Å². The minimum atomic E-state index is 1.49. The third-order valence-electron chi connectivity index (χ3n) is 3.23. The smallest absolute Gasteiger partial charge is 0 e. The van der Waals surface area contributed by atoms with E-state index in [4.69, 9.17) is 0 Å². The molecule has 0 nitrogen and oxygen atoms in total. The van der Waals surface area contributed by atoms with Gasteiger partial charge in [-0.3, -0.25) is 0 Å². The van der Waals surface area contributed by atoms with Crippen LogP contribution in [0.2, 0.25) is 0 Å². The van der Waals surface area contributed by atoms with Crippen molar-refractivity contribution in [2.24, 2.45) is 0 Å². The van der Waals surface area contributed by atoms with Crippen molar-refractivity contribution < 1.29 is 0 Å². The zero-order valence-electron chi connectivity index (χ0n) is 48.7. The summed E-state index contributed by atoms with van der Waals surface area (Å²) in [5, 5.41) is 0. The molecule has 0 saturated carbocycles. The molecule has 0 aliphatic rings. The highest BCUT2D eigenvalue weighted by Gasteiger charge is 2.11. The van der Waals surface area contributed by atoms with Crippen LogP contribution in [0.25, 0.3) is 0 Å². The van der Waals surface area contributed by atoms with Crippen LogP contribution in [0.3, 0.4) is 0 Å². The van der Waals surface area contributed by atoms with E-state index in [0.29, 0.717) is 0 Å². The van der Waals surface area contributed by atoms with Gasteiger partial charge in [0.25, 0.3) is 0 Å². The molecule has 0 aliphatic carbocycles. The largest absolute Gasteiger partial charge is 0.0988 e. The summed E-state index contributed by atoms with van der Waals surface area (Å²) in [6.07, 6.45) is 0. The molecule has 0 radical (unpaired) electrons. The quantitative estimate of drug-likeness (QED) is 0.0337.